The Kier molecular flexibility index (Phi) is 9.05. The van der Waals surface area contributed by atoms with E-state index in [1.807, 2.05) is 31.2 Å². The molecule has 1 aromatic rings. The smallest absolute Gasteiger partial charge is 0.0802 e. The molecule has 124 valence electrons. The van der Waals surface area contributed by atoms with Crippen LogP contribution in [0.3, 0.4) is 0 Å². The first-order valence-electron chi connectivity index (χ1n) is 7.94. The van der Waals surface area contributed by atoms with Crippen molar-refractivity contribution in [2.45, 2.75) is 39.6 Å². The molecule has 0 radical (unpaired) electrons. The molecular weight excluding hydrogens is 276 g/mol. The van der Waals surface area contributed by atoms with E-state index in [-0.39, 0.29) is 18.1 Å². The van der Waals surface area contributed by atoms with Crippen LogP contribution in [0.25, 0.3) is 0 Å². The van der Waals surface area contributed by atoms with Crippen LogP contribution in [0, 0.1) is 11.8 Å². The van der Waals surface area contributed by atoms with Crippen LogP contribution >= 0.6 is 0 Å². The van der Waals surface area contributed by atoms with Crippen LogP contribution in [-0.4, -0.2) is 33.0 Å². The third-order valence-electron chi connectivity index (χ3n) is 4.02. The van der Waals surface area contributed by atoms with Gasteiger partial charge >= 0.3 is 0 Å². The zero-order chi connectivity index (χ0) is 16.4. The topological polar surface area (TPSA) is 27.7 Å². The molecule has 1 aromatic carbocycles. The second-order valence-electron chi connectivity index (χ2n) is 5.76. The summed E-state index contributed by atoms with van der Waals surface area (Å²) in [6.07, 6.45) is 4.26. The molecule has 0 aliphatic rings. The Bertz CT molecular complexity index is 416. The SMILES string of the molecule is CC=C[C@H](OC)[C@H](C)[C@@H](OC)[C@@H](C)COCc1ccccc1. The van der Waals surface area contributed by atoms with Crippen molar-refractivity contribution < 1.29 is 14.2 Å². The van der Waals surface area contributed by atoms with Crippen LogP contribution in [0.15, 0.2) is 42.5 Å². The molecule has 0 saturated heterocycles. The van der Waals surface area contributed by atoms with Crippen LogP contribution < -0.4 is 0 Å². The number of ether oxygens (including phenoxy) is 3. The van der Waals surface area contributed by atoms with Crippen molar-refractivity contribution in [2.75, 3.05) is 20.8 Å². The van der Waals surface area contributed by atoms with Crippen molar-refractivity contribution in [3.8, 4) is 0 Å². The zero-order valence-electron chi connectivity index (χ0n) is 14.5. The first-order valence-corrected chi connectivity index (χ1v) is 7.94. The molecule has 0 aliphatic heterocycles. The Labute approximate surface area is 135 Å². The van der Waals surface area contributed by atoms with E-state index in [1.54, 1.807) is 14.2 Å². The maximum absolute atomic E-state index is 5.85. The van der Waals surface area contributed by atoms with Crippen molar-refractivity contribution >= 4 is 0 Å². The quantitative estimate of drug-likeness (QED) is 0.610. The molecular formula is C19H30O3. The largest absolute Gasteiger partial charge is 0.381 e. The highest BCUT2D eigenvalue weighted by Gasteiger charge is 2.28. The maximum atomic E-state index is 5.85. The van der Waals surface area contributed by atoms with Gasteiger partial charge in [0.05, 0.1) is 25.4 Å². The van der Waals surface area contributed by atoms with Crippen LogP contribution in [0.2, 0.25) is 0 Å². The van der Waals surface area contributed by atoms with Crippen LogP contribution in [0.5, 0.6) is 0 Å². The predicted molar refractivity (Wildman–Crippen MR) is 90.8 cm³/mol. The summed E-state index contributed by atoms with van der Waals surface area (Å²) in [5.74, 6) is 0.563. The summed E-state index contributed by atoms with van der Waals surface area (Å²) >= 11 is 0. The van der Waals surface area contributed by atoms with Crippen molar-refractivity contribution in [1.29, 1.82) is 0 Å². The van der Waals surface area contributed by atoms with Crippen LogP contribution in [-0.2, 0) is 20.8 Å². The molecule has 0 N–H and O–H groups in total. The molecule has 3 heteroatoms. The Morgan fingerprint density at radius 3 is 2.27 bits per heavy atom. The highest BCUT2D eigenvalue weighted by atomic mass is 16.5. The second kappa shape index (κ2) is 10.5. The van der Waals surface area contributed by atoms with Gasteiger partial charge < -0.3 is 14.2 Å². The Hall–Kier alpha value is -1.16. The molecule has 1 rings (SSSR count). The van der Waals surface area contributed by atoms with Gasteiger partial charge in [0.25, 0.3) is 0 Å². The lowest BCUT2D eigenvalue weighted by molar-refractivity contribution is -0.0552. The molecule has 0 aliphatic carbocycles. The monoisotopic (exact) mass is 306 g/mol. The van der Waals surface area contributed by atoms with Gasteiger partial charge in [0, 0.05) is 26.1 Å². The van der Waals surface area contributed by atoms with E-state index in [2.05, 4.69) is 32.1 Å². The van der Waals surface area contributed by atoms with Gasteiger partial charge in [-0.05, 0) is 12.5 Å². The van der Waals surface area contributed by atoms with Gasteiger partial charge in [-0.25, -0.2) is 0 Å². The average Bonchev–Trinajstić information content (AvgIpc) is 2.54. The van der Waals surface area contributed by atoms with E-state index >= 15 is 0 Å². The normalized spacial score (nSPS) is 17.3. The van der Waals surface area contributed by atoms with Gasteiger partial charge in [-0.1, -0.05) is 56.3 Å². The maximum Gasteiger partial charge on any atom is 0.0802 e. The molecule has 0 saturated carbocycles. The fourth-order valence-corrected chi connectivity index (χ4v) is 2.84. The van der Waals surface area contributed by atoms with E-state index in [4.69, 9.17) is 14.2 Å². The number of hydrogen-bond donors (Lipinski definition) is 0. The van der Waals surface area contributed by atoms with Crippen molar-refractivity contribution in [3.63, 3.8) is 0 Å². The number of benzene rings is 1. The minimum Gasteiger partial charge on any atom is -0.381 e. The van der Waals surface area contributed by atoms with E-state index < -0.39 is 0 Å². The third-order valence-corrected chi connectivity index (χ3v) is 4.02. The molecule has 22 heavy (non-hydrogen) atoms. The summed E-state index contributed by atoms with van der Waals surface area (Å²) in [5.41, 5.74) is 1.19. The summed E-state index contributed by atoms with van der Waals surface area (Å²) in [4.78, 5) is 0. The van der Waals surface area contributed by atoms with Crippen molar-refractivity contribution in [1.82, 2.24) is 0 Å². The van der Waals surface area contributed by atoms with E-state index in [9.17, 15) is 0 Å². The summed E-state index contributed by atoms with van der Waals surface area (Å²) < 4.78 is 17.1. The summed E-state index contributed by atoms with van der Waals surface area (Å²) in [5, 5.41) is 0. The first-order chi connectivity index (χ1) is 10.6. The Balaban J connectivity index is 2.51. The molecule has 0 fully saturated rings. The summed E-state index contributed by atoms with van der Waals surface area (Å²) in [6, 6.07) is 10.2. The van der Waals surface area contributed by atoms with Crippen LogP contribution in [0.4, 0.5) is 0 Å². The number of hydrogen-bond acceptors (Lipinski definition) is 3. The summed E-state index contributed by atoms with van der Waals surface area (Å²) in [7, 11) is 3.50. The second-order valence-corrected chi connectivity index (χ2v) is 5.76. The van der Waals surface area contributed by atoms with Gasteiger partial charge in [0.2, 0.25) is 0 Å². The fourth-order valence-electron chi connectivity index (χ4n) is 2.84. The minimum atomic E-state index is 0.0616. The van der Waals surface area contributed by atoms with Crippen molar-refractivity contribution in [3.05, 3.63) is 48.0 Å². The zero-order valence-corrected chi connectivity index (χ0v) is 14.5. The Morgan fingerprint density at radius 1 is 1.05 bits per heavy atom. The van der Waals surface area contributed by atoms with E-state index in [0.29, 0.717) is 19.1 Å². The van der Waals surface area contributed by atoms with E-state index in [0.717, 1.165) is 0 Å². The van der Waals surface area contributed by atoms with Gasteiger partial charge in [-0.15, -0.1) is 0 Å². The fraction of sp³-hybridized carbons (Fsp3) is 0.579. The van der Waals surface area contributed by atoms with Crippen LogP contribution in [0.1, 0.15) is 26.3 Å². The number of allylic oxidation sites excluding steroid dienone is 1. The number of methoxy groups -OCH3 is 2. The molecule has 0 aromatic heterocycles. The van der Waals surface area contributed by atoms with E-state index in [1.165, 1.54) is 5.56 Å². The highest BCUT2D eigenvalue weighted by molar-refractivity contribution is 5.13. The first kappa shape index (κ1) is 18.9. The Morgan fingerprint density at radius 2 is 1.73 bits per heavy atom. The molecule has 0 bridgehead atoms. The lowest BCUT2D eigenvalue weighted by Gasteiger charge is -2.31. The molecule has 4 atom stereocenters. The van der Waals surface area contributed by atoms with Gasteiger partial charge in [-0.3, -0.25) is 0 Å². The molecule has 3 nitrogen and oxygen atoms in total. The summed E-state index contributed by atoms with van der Waals surface area (Å²) in [6.45, 7) is 7.64. The molecule has 0 amide bonds. The predicted octanol–water partition coefficient (Wildman–Crippen LogP) is 4.08. The number of rotatable bonds is 10. The van der Waals surface area contributed by atoms with Gasteiger partial charge in [-0.2, -0.15) is 0 Å². The van der Waals surface area contributed by atoms with Gasteiger partial charge in [0.1, 0.15) is 0 Å². The lowest BCUT2D eigenvalue weighted by Crippen LogP contribution is -2.37. The lowest BCUT2D eigenvalue weighted by atomic mass is 9.89. The molecule has 0 unspecified atom stereocenters. The third kappa shape index (κ3) is 5.91. The highest BCUT2D eigenvalue weighted by Crippen LogP contribution is 2.22. The minimum absolute atomic E-state index is 0.0616. The average molecular weight is 306 g/mol. The van der Waals surface area contributed by atoms with Gasteiger partial charge in [0.15, 0.2) is 0 Å². The molecule has 0 spiro atoms. The van der Waals surface area contributed by atoms with Crippen molar-refractivity contribution in [2.24, 2.45) is 11.8 Å². The standard InChI is InChI=1S/C19H30O3/c1-6-10-18(20-4)16(3)19(21-5)15(2)13-22-14-17-11-8-7-9-12-17/h6-12,15-16,18-19H,13-14H2,1-5H3/t15-,16-,18-,19-/m0/s1. The molecule has 0 heterocycles.